The smallest absolute Gasteiger partial charge is 0.335 e. The van der Waals surface area contributed by atoms with E-state index in [1.54, 1.807) is 12.1 Å². The van der Waals surface area contributed by atoms with Crippen molar-refractivity contribution >= 4 is 22.5 Å². The number of rotatable bonds is 1. The van der Waals surface area contributed by atoms with Crippen molar-refractivity contribution < 1.29 is 4.42 Å². The van der Waals surface area contributed by atoms with Crippen LogP contribution < -0.4 is 11.2 Å². The number of furan rings is 1. The minimum absolute atomic E-state index is 0.0960. The van der Waals surface area contributed by atoms with Gasteiger partial charge in [-0.15, -0.1) is 0 Å². The summed E-state index contributed by atoms with van der Waals surface area (Å²) in [5.41, 5.74) is 0.462. The Kier molecular flexibility index (Phi) is 2.57. The summed E-state index contributed by atoms with van der Waals surface area (Å²) in [6.45, 7) is 1.88. The highest BCUT2D eigenvalue weighted by Gasteiger charge is 2.12. The molecule has 96 valence electrons. The van der Waals surface area contributed by atoms with Crippen molar-refractivity contribution in [1.29, 1.82) is 0 Å². The van der Waals surface area contributed by atoms with Gasteiger partial charge in [-0.1, -0.05) is 6.07 Å². The predicted molar refractivity (Wildman–Crippen MR) is 72.2 cm³/mol. The van der Waals surface area contributed by atoms with Crippen molar-refractivity contribution in [3.05, 3.63) is 62.0 Å². The second-order valence-corrected chi connectivity index (χ2v) is 4.57. The zero-order valence-corrected chi connectivity index (χ0v) is 10.7. The molecular weight excluding hydrogens is 268 g/mol. The number of aromatic nitrogens is 2. The maximum absolute atomic E-state index is 12.3. The van der Waals surface area contributed by atoms with E-state index in [9.17, 15) is 9.59 Å². The number of aryl methyl sites for hydroxylation is 1. The second kappa shape index (κ2) is 4.13. The molecule has 0 unspecified atom stereocenters. The van der Waals surface area contributed by atoms with Gasteiger partial charge in [0.2, 0.25) is 5.88 Å². The average molecular weight is 277 g/mol. The van der Waals surface area contributed by atoms with E-state index in [1.165, 1.54) is 12.1 Å². The summed E-state index contributed by atoms with van der Waals surface area (Å²) >= 11 is 5.66. The van der Waals surface area contributed by atoms with Crippen LogP contribution >= 0.6 is 11.6 Å². The Morgan fingerprint density at radius 1 is 1.21 bits per heavy atom. The van der Waals surface area contributed by atoms with E-state index in [0.29, 0.717) is 10.9 Å². The number of nitrogens with one attached hydrogen (secondary N) is 1. The highest BCUT2D eigenvalue weighted by atomic mass is 35.5. The fourth-order valence-corrected chi connectivity index (χ4v) is 2.10. The Labute approximate surface area is 112 Å². The Balaban J connectivity index is 2.41. The first kappa shape index (κ1) is 11.8. The van der Waals surface area contributed by atoms with Gasteiger partial charge in [0.05, 0.1) is 10.9 Å². The third kappa shape index (κ3) is 1.88. The van der Waals surface area contributed by atoms with Gasteiger partial charge in [0, 0.05) is 6.07 Å². The van der Waals surface area contributed by atoms with E-state index < -0.39 is 11.2 Å². The zero-order valence-electron chi connectivity index (χ0n) is 9.94. The third-order valence-electron chi connectivity index (χ3n) is 2.83. The van der Waals surface area contributed by atoms with Crippen LogP contribution in [0.5, 0.6) is 0 Å². The number of fused-ring (bicyclic) bond motifs is 1. The van der Waals surface area contributed by atoms with E-state index in [2.05, 4.69) is 4.98 Å². The second-order valence-electron chi connectivity index (χ2n) is 4.20. The lowest BCUT2D eigenvalue weighted by molar-refractivity contribution is 0.529. The van der Waals surface area contributed by atoms with Crippen LogP contribution in [-0.2, 0) is 0 Å². The molecule has 0 saturated carbocycles. The fourth-order valence-electron chi connectivity index (χ4n) is 1.96. The van der Waals surface area contributed by atoms with Gasteiger partial charge in [0.25, 0.3) is 5.56 Å². The number of hydrogen-bond acceptors (Lipinski definition) is 3. The Morgan fingerprint density at radius 2 is 2.00 bits per heavy atom. The summed E-state index contributed by atoms with van der Waals surface area (Å²) in [5.74, 6) is 0.0960. The van der Waals surface area contributed by atoms with E-state index in [-0.39, 0.29) is 11.1 Å². The first-order valence-corrected chi connectivity index (χ1v) is 5.95. The topological polar surface area (TPSA) is 68.0 Å². The zero-order chi connectivity index (χ0) is 13.6. The van der Waals surface area contributed by atoms with Crippen molar-refractivity contribution in [1.82, 2.24) is 9.55 Å². The van der Waals surface area contributed by atoms with Crippen molar-refractivity contribution in [2.24, 2.45) is 0 Å². The highest BCUT2D eigenvalue weighted by Crippen LogP contribution is 2.15. The number of benzene rings is 1. The lowest BCUT2D eigenvalue weighted by atomic mass is 10.2. The first-order valence-electron chi connectivity index (χ1n) is 5.58. The van der Waals surface area contributed by atoms with Crippen LogP contribution in [0, 0.1) is 6.92 Å². The molecule has 2 heterocycles. The molecule has 0 fully saturated rings. The number of nitrogens with zero attached hydrogens (tertiary/aromatic N) is 1. The maximum Gasteiger partial charge on any atom is 0.335 e. The summed E-state index contributed by atoms with van der Waals surface area (Å²) in [6.07, 6.45) is 0. The van der Waals surface area contributed by atoms with E-state index in [1.807, 2.05) is 13.0 Å². The molecular formula is C13H9ClN2O3. The van der Waals surface area contributed by atoms with Crippen LogP contribution in [0.3, 0.4) is 0 Å². The van der Waals surface area contributed by atoms with Crippen LogP contribution in [0.1, 0.15) is 5.56 Å². The van der Waals surface area contributed by atoms with Gasteiger partial charge in [-0.2, -0.15) is 4.57 Å². The molecule has 0 atom stereocenters. The van der Waals surface area contributed by atoms with Gasteiger partial charge in [0.15, 0.2) is 5.22 Å². The van der Waals surface area contributed by atoms with Crippen LogP contribution in [0.25, 0.3) is 16.8 Å². The van der Waals surface area contributed by atoms with Gasteiger partial charge in [-0.05, 0) is 42.3 Å². The molecule has 5 nitrogen and oxygen atoms in total. The minimum Gasteiger partial charge on any atom is -0.428 e. The lowest BCUT2D eigenvalue weighted by Crippen LogP contribution is -2.33. The van der Waals surface area contributed by atoms with Gasteiger partial charge in [-0.3, -0.25) is 4.79 Å². The third-order valence-corrected chi connectivity index (χ3v) is 3.04. The summed E-state index contributed by atoms with van der Waals surface area (Å²) < 4.78 is 6.03. The normalized spacial score (nSPS) is 11.1. The predicted octanol–water partition coefficient (Wildman–Crippen LogP) is 2.23. The van der Waals surface area contributed by atoms with E-state index in [4.69, 9.17) is 16.0 Å². The monoisotopic (exact) mass is 276 g/mol. The van der Waals surface area contributed by atoms with E-state index in [0.717, 1.165) is 10.1 Å². The molecule has 0 spiro atoms. The standard InChI is InChI=1S/C13H9ClN2O3/c1-7-2-3-8-9(6-7)15-13(18)16(12(8)17)11-5-4-10(14)19-11/h2-6H,1H3,(H,15,18). The van der Waals surface area contributed by atoms with Crippen LogP contribution in [0.2, 0.25) is 5.22 Å². The number of H-pyrrole nitrogens is 1. The van der Waals surface area contributed by atoms with Crippen molar-refractivity contribution in [3.8, 4) is 5.88 Å². The number of aromatic amines is 1. The molecule has 6 heteroatoms. The highest BCUT2D eigenvalue weighted by molar-refractivity contribution is 6.28. The summed E-state index contributed by atoms with van der Waals surface area (Å²) in [7, 11) is 0. The molecule has 0 radical (unpaired) electrons. The summed E-state index contributed by atoms with van der Waals surface area (Å²) in [4.78, 5) is 26.9. The molecule has 0 amide bonds. The minimum atomic E-state index is -0.561. The molecule has 3 rings (SSSR count). The average Bonchev–Trinajstić information content (AvgIpc) is 2.75. The van der Waals surface area contributed by atoms with Crippen molar-refractivity contribution in [2.75, 3.05) is 0 Å². The number of halogens is 1. The summed E-state index contributed by atoms with van der Waals surface area (Å²) in [5, 5.41) is 0.531. The Morgan fingerprint density at radius 3 is 2.68 bits per heavy atom. The molecule has 1 aromatic carbocycles. The van der Waals surface area contributed by atoms with Crippen LogP contribution in [0.15, 0.2) is 44.3 Å². The molecule has 0 aliphatic carbocycles. The molecule has 3 aromatic rings. The maximum atomic E-state index is 12.3. The SMILES string of the molecule is Cc1ccc2c(=O)n(-c3ccc(Cl)o3)c(=O)[nH]c2c1. The van der Waals surface area contributed by atoms with Crippen molar-refractivity contribution in [3.63, 3.8) is 0 Å². The molecule has 1 N–H and O–H groups in total. The van der Waals surface area contributed by atoms with Gasteiger partial charge in [0.1, 0.15) is 0 Å². The first-order chi connectivity index (χ1) is 9.06. The molecule has 2 aromatic heterocycles. The largest absolute Gasteiger partial charge is 0.428 e. The van der Waals surface area contributed by atoms with Gasteiger partial charge in [-0.25, -0.2) is 4.79 Å². The Hall–Kier alpha value is -2.27. The summed E-state index contributed by atoms with van der Waals surface area (Å²) in [6, 6.07) is 8.17. The quantitative estimate of drug-likeness (QED) is 0.741. The Bertz CT molecular complexity index is 889. The van der Waals surface area contributed by atoms with Crippen molar-refractivity contribution in [2.45, 2.75) is 6.92 Å². The van der Waals surface area contributed by atoms with Crippen LogP contribution in [-0.4, -0.2) is 9.55 Å². The molecule has 0 aliphatic rings. The van der Waals surface area contributed by atoms with E-state index >= 15 is 0 Å². The van der Waals surface area contributed by atoms with Gasteiger partial charge >= 0.3 is 5.69 Å². The van der Waals surface area contributed by atoms with Gasteiger partial charge < -0.3 is 9.40 Å². The molecule has 19 heavy (non-hydrogen) atoms. The number of hydrogen-bond donors (Lipinski definition) is 1. The molecule has 0 bridgehead atoms. The fraction of sp³-hybridized carbons (Fsp3) is 0.0769. The van der Waals surface area contributed by atoms with Crippen LogP contribution in [0.4, 0.5) is 0 Å². The molecule has 0 saturated heterocycles. The lowest BCUT2D eigenvalue weighted by Gasteiger charge is -2.03. The molecule has 0 aliphatic heterocycles.